The number of fused-ring (bicyclic) bond motifs is 1. The van der Waals surface area contributed by atoms with Gasteiger partial charge in [-0.3, -0.25) is 14.4 Å². The quantitative estimate of drug-likeness (QED) is 0.490. The molecule has 2 amide bonds. The Morgan fingerprint density at radius 2 is 1.88 bits per heavy atom. The average molecular weight is 512 g/mol. The molecule has 10 nitrogen and oxygen atoms in total. The highest BCUT2D eigenvalue weighted by molar-refractivity contribution is 7.92. The lowest BCUT2D eigenvalue weighted by atomic mass is 9.99. The average Bonchev–Trinajstić information content (AvgIpc) is 3.09. The summed E-state index contributed by atoms with van der Waals surface area (Å²) in [6.45, 7) is 5.26. The van der Waals surface area contributed by atoms with Crippen LogP contribution in [0.4, 0.5) is 0 Å². The Kier molecular flexibility index (Phi) is 8.47. The molecule has 2 heterocycles. The van der Waals surface area contributed by atoms with E-state index in [4.69, 9.17) is 9.47 Å². The number of hydrogen-bond donors (Lipinski definition) is 0. The summed E-state index contributed by atoms with van der Waals surface area (Å²) in [5, 5.41) is 0. The van der Waals surface area contributed by atoms with E-state index in [-0.39, 0.29) is 11.3 Å². The zero-order valence-electron chi connectivity index (χ0n) is 19.5. The SMILES string of the molecule is CCOc1ccc2c(c1)sc(=NC(=O)CS(=O)(=O)CC(=O)N1CCC(C)CC1)n2CC(=O)OC. The maximum absolute atomic E-state index is 12.6. The van der Waals surface area contributed by atoms with Crippen LogP contribution in [0.5, 0.6) is 5.75 Å². The van der Waals surface area contributed by atoms with Gasteiger partial charge >= 0.3 is 5.97 Å². The second-order valence-electron chi connectivity index (χ2n) is 8.21. The minimum absolute atomic E-state index is 0.158. The number of ether oxygens (including phenoxy) is 2. The fourth-order valence-corrected chi connectivity index (χ4v) is 5.83. The molecule has 0 N–H and O–H groups in total. The van der Waals surface area contributed by atoms with Crippen molar-refractivity contribution in [2.45, 2.75) is 33.2 Å². The first-order valence-corrected chi connectivity index (χ1v) is 13.6. The Bertz CT molecular complexity index is 1240. The Balaban J connectivity index is 1.82. The highest BCUT2D eigenvalue weighted by atomic mass is 32.2. The van der Waals surface area contributed by atoms with Crippen molar-refractivity contribution in [3.63, 3.8) is 0 Å². The Morgan fingerprint density at radius 3 is 2.53 bits per heavy atom. The molecule has 0 aliphatic carbocycles. The maximum Gasteiger partial charge on any atom is 0.325 e. The number of sulfone groups is 1. The van der Waals surface area contributed by atoms with Gasteiger partial charge in [0.1, 0.15) is 23.8 Å². The van der Waals surface area contributed by atoms with Gasteiger partial charge in [-0.15, -0.1) is 0 Å². The van der Waals surface area contributed by atoms with Crippen LogP contribution in [-0.4, -0.2) is 74.0 Å². The molecular formula is C22H29N3O7S2. The van der Waals surface area contributed by atoms with Gasteiger partial charge in [0.05, 0.1) is 23.9 Å². The molecule has 34 heavy (non-hydrogen) atoms. The van der Waals surface area contributed by atoms with Crippen LogP contribution in [0.15, 0.2) is 23.2 Å². The number of likely N-dealkylation sites (tertiary alicyclic amines) is 1. The summed E-state index contributed by atoms with van der Waals surface area (Å²) in [4.78, 5) is 42.6. The summed E-state index contributed by atoms with van der Waals surface area (Å²) in [5.41, 5.74) is 0.628. The molecule has 0 atom stereocenters. The third-order valence-electron chi connectivity index (χ3n) is 5.52. The van der Waals surface area contributed by atoms with Crippen LogP contribution in [0.1, 0.15) is 26.7 Å². The third-order valence-corrected chi connectivity index (χ3v) is 7.94. The number of methoxy groups -OCH3 is 1. The summed E-state index contributed by atoms with van der Waals surface area (Å²) < 4.78 is 37.5. The van der Waals surface area contributed by atoms with Gasteiger partial charge in [-0.1, -0.05) is 18.3 Å². The Labute approximate surface area is 202 Å². The molecule has 1 aliphatic rings. The van der Waals surface area contributed by atoms with E-state index in [0.717, 1.165) is 24.2 Å². The predicted molar refractivity (Wildman–Crippen MR) is 127 cm³/mol. The second-order valence-corrected chi connectivity index (χ2v) is 11.3. The maximum atomic E-state index is 12.6. The van der Waals surface area contributed by atoms with E-state index in [1.165, 1.54) is 16.6 Å². The lowest BCUT2D eigenvalue weighted by molar-refractivity contribution is -0.141. The number of benzene rings is 1. The molecule has 1 aliphatic heterocycles. The number of piperidine rings is 1. The molecule has 1 aromatic carbocycles. The van der Waals surface area contributed by atoms with Crippen molar-refractivity contribution in [3.05, 3.63) is 23.0 Å². The van der Waals surface area contributed by atoms with Gasteiger partial charge in [0, 0.05) is 13.1 Å². The number of carbonyl (C=O) groups excluding carboxylic acids is 3. The van der Waals surface area contributed by atoms with Crippen molar-refractivity contribution < 1.29 is 32.3 Å². The van der Waals surface area contributed by atoms with E-state index in [9.17, 15) is 22.8 Å². The summed E-state index contributed by atoms with van der Waals surface area (Å²) >= 11 is 1.13. The van der Waals surface area contributed by atoms with E-state index in [1.54, 1.807) is 18.2 Å². The number of aromatic nitrogens is 1. The first kappa shape index (κ1) is 25.9. The first-order valence-electron chi connectivity index (χ1n) is 11.0. The molecule has 1 saturated heterocycles. The van der Waals surface area contributed by atoms with Crippen molar-refractivity contribution in [1.29, 1.82) is 0 Å². The molecule has 3 rings (SSSR count). The molecule has 0 saturated carbocycles. The third kappa shape index (κ3) is 6.66. The Morgan fingerprint density at radius 1 is 1.18 bits per heavy atom. The summed E-state index contributed by atoms with van der Waals surface area (Å²) in [5.74, 6) is -2.44. The van der Waals surface area contributed by atoms with Crippen LogP contribution < -0.4 is 9.54 Å². The second kappa shape index (κ2) is 11.1. The summed E-state index contributed by atoms with van der Waals surface area (Å²) in [7, 11) is -2.75. The highest BCUT2D eigenvalue weighted by Gasteiger charge is 2.26. The van der Waals surface area contributed by atoms with Gasteiger partial charge in [-0.2, -0.15) is 4.99 Å². The zero-order chi connectivity index (χ0) is 24.9. The van der Waals surface area contributed by atoms with Gasteiger partial charge in [0.25, 0.3) is 5.91 Å². The fourth-order valence-electron chi connectivity index (χ4n) is 3.66. The van der Waals surface area contributed by atoms with Gasteiger partial charge in [0.15, 0.2) is 14.6 Å². The molecule has 1 aromatic heterocycles. The lowest BCUT2D eigenvalue weighted by Crippen LogP contribution is -2.41. The summed E-state index contributed by atoms with van der Waals surface area (Å²) in [6, 6.07) is 5.23. The van der Waals surface area contributed by atoms with Crippen LogP contribution in [0, 0.1) is 5.92 Å². The molecule has 0 unspecified atom stereocenters. The molecular weight excluding hydrogens is 482 g/mol. The number of nitrogens with zero attached hydrogens (tertiary/aromatic N) is 3. The number of esters is 1. The van der Waals surface area contributed by atoms with E-state index in [2.05, 4.69) is 11.9 Å². The van der Waals surface area contributed by atoms with Gasteiger partial charge in [0.2, 0.25) is 5.91 Å². The number of hydrogen-bond acceptors (Lipinski definition) is 8. The van der Waals surface area contributed by atoms with E-state index in [1.807, 2.05) is 6.92 Å². The number of rotatable bonds is 8. The molecule has 12 heteroatoms. The molecule has 0 bridgehead atoms. The Hall–Kier alpha value is -2.73. The largest absolute Gasteiger partial charge is 0.494 e. The minimum atomic E-state index is -4.00. The predicted octanol–water partition coefficient (Wildman–Crippen LogP) is 1.38. The monoisotopic (exact) mass is 511 g/mol. The molecule has 0 spiro atoms. The van der Waals surface area contributed by atoms with Crippen molar-refractivity contribution >= 4 is 49.2 Å². The van der Waals surface area contributed by atoms with E-state index >= 15 is 0 Å². The molecule has 2 aromatic rings. The van der Waals surface area contributed by atoms with Crippen molar-refractivity contribution in [1.82, 2.24) is 9.47 Å². The minimum Gasteiger partial charge on any atom is -0.494 e. The van der Waals surface area contributed by atoms with Crippen LogP contribution >= 0.6 is 11.3 Å². The van der Waals surface area contributed by atoms with Crippen molar-refractivity contribution in [3.8, 4) is 5.75 Å². The lowest BCUT2D eigenvalue weighted by Gasteiger charge is -2.30. The normalized spacial score (nSPS) is 15.5. The highest BCUT2D eigenvalue weighted by Crippen LogP contribution is 2.23. The van der Waals surface area contributed by atoms with Crippen LogP contribution in [-0.2, 0) is 35.5 Å². The summed E-state index contributed by atoms with van der Waals surface area (Å²) in [6.07, 6.45) is 1.66. The number of thiazole rings is 1. The first-order chi connectivity index (χ1) is 16.1. The fraction of sp³-hybridized carbons (Fsp3) is 0.545. The molecule has 0 radical (unpaired) electrons. The van der Waals surface area contributed by atoms with Crippen molar-refractivity contribution in [2.75, 3.05) is 38.3 Å². The zero-order valence-corrected chi connectivity index (χ0v) is 21.1. The number of amides is 2. The molecule has 186 valence electrons. The van der Waals surface area contributed by atoms with Crippen molar-refractivity contribution in [2.24, 2.45) is 10.9 Å². The van der Waals surface area contributed by atoms with Crippen LogP contribution in [0.25, 0.3) is 10.2 Å². The van der Waals surface area contributed by atoms with Crippen LogP contribution in [0.2, 0.25) is 0 Å². The smallest absolute Gasteiger partial charge is 0.325 e. The van der Waals surface area contributed by atoms with Crippen LogP contribution in [0.3, 0.4) is 0 Å². The van der Waals surface area contributed by atoms with E-state index < -0.39 is 39.1 Å². The van der Waals surface area contributed by atoms with Gasteiger partial charge in [-0.25, -0.2) is 8.42 Å². The number of carbonyl (C=O) groups is 3. The van der Waals surface area contributed by atoms with E-state index in [0.29, 0.717) is 41.6 Å². The van der Waals surface area contributed by atoms with Gasteiger partial charge in [-0.05, 0) is 43.9 Å². The van der Waals surface area contributed by atoms with Gasteiger partial charge < -0.3 is 18.9 Å². The molecule has 1 fully saturated rings. The topological polar surface area (TPSA) is 124 Å². The standard InChI is InChI=1S/C22H29N3O7S2/c1-4-32-16-5-6-17-18(11-16)33-22(25(17)12-21(28)31-3)23-19(26)13-34(29,30)14-20(27)24-9-7-15(2)8-10-24/h5-6,11,15H,4,7-10,12-14H2,1-3H3.